The zero-order valence-electron chi connectivity index (χ0n) is 11.9. The number of benzene rings is 1. The average Bonchev–Trinajstić information content (AvgIpc) is 3.23. The Labute approximate surface area is 129 Å². The first-order valence-electron chi connectivity index (χ1n) is 6.83. The van der Waals surface area contributed by atoms with Crippen LogP contribution in [0.4, 0.5) is 0 Å². The van der Waals surface area contributed by atoms with Gasteiger partial charge in [-0.15, -0.1) is 0 Å². The molecular formula is C16H17ClN2S. The summed E-state index contributed by atoms with van der Waals surface area (Å²) in [6.07, 6.45) is 2.38. The van der Waals surface area contributed by atoms with Gasteiger partial charge in [0.1, 0.15) is 16.0 Å². The second-order valence-electron chi connectivity index (χ2n) is 5.43. The van der Waals surface area contributed by atoms with E-state index in [1.165, 1.54) is 28.9 Å². The highest BCUT2D eigenvalue weighted by atomic mass is 35.5. The van der Waals surface area contributed by atoms with Crippen LogP contribution in [0, 0.1) is 20.8 Å². The van der Waals surface area contributed by atoms with Gasteiger partial charge in [-0.25, -0.2) is 9.97 Å². The summed E-state index contributed by atoms with van der Waals surface area (Å²) in [6.45, 7) is 6.25. The van der Waals surface area contributed by atoms with Gasteiger partial charge in [0.15, 0.2) is 0 Å². The van der Waals surface area contributed by atoms with Crippen molar-refractivity contribution >= 4 is 23.4 Å². The quantitative estimate of drug-likeness (QED) is 0.739. The van der Waals surface area contributed by atoms with Gasteiger partial charge in [-0.1, -0.05) is 29.4 Å². The number of hydrogen-bond donors (Lipinski definition) is 0. The Kier molecular flexibility index (Phi) is 3.74. The third-order valence-corrected chi connectivity index (χ3v) is 5.14. The first-order chi connectivity index (χ1) is 9.54. The molecule has 1 aliphatic rings. The fourth-order valence-corrected chi connectivity index (χ4v) is 3.21. The average molecular weight is 305 g/mol. The minimum Gasteiger partial charge on any atom is -0.226 e. The van der Waals surface area contributed by atoms with Gasteiger partial charge < -0.3 is 0 Å². The molecule has 0 unspecified atom stereocenters. The fraction of sp³-hybridized carbons (Fsp3) is 0.375. The van der Waals surface area contributed by atoms with E-state index in [0.29, 0.717) is 11.1 Å². The Balaban J connectivity index is 1.94. The number of aryl methyl sites for hydroxylation is 2. The molecule has 1 heterocycles. The summed E-state index contributed by atoms with van der Waals surface area (Å²) in [5.41, 5.74) is 3.58. The zero-order chi connectivity index (χ0) is 14.3. The normalized spacial score (nSPS) is 14.6. The number of nitrogens with zero attached hydrogens (tertiary/aromatic N) is 2. The second kappa shape index (κ2) is 5.38. The molecule has 0 aliphatic heterocycles. The van der Waals surface area contributed by atoms with Crippen molar-refractivity contribution in [3.63, 3.8) is 0 Å². The first-order valence-corrected chi connectivity index (χ1v) is 8.03. The van der Waals surface area contributed by atoms with Gasteiger partial charge in [0, 0.05) is 16.4 Å². The molecule has 1 aromatic heterocycles. The van der Waals surface area contributed by atoms with Crippen molar-refractivity contribution in [2.75, 3.05) is 0 Å². The van der Waals surface area contributed by atoms with Gasteiger partial charge in [-0.05, 0) is 56.9 Å². The molecule has 1 aromatic carbocycles. The minimum atomic E-state index is 0.521. The summed E-state index contributed by atoms with van der Waals surface area (Å²) in [5.74, 6) is 1.43. The highest BCUT2D eigenvalue weighted by molar-refractivity contribution is 7.99. The standard InChI is InChI=1S/C16H17ClN2S/c1-9-4-7-13(8-10(9)2)20-16-11(3)14(17)18-15(19-16)12-5-6-12/h4,7-8,12H,5-6H2,1-3H3. The lowest BCUT2D eigenvalue weighted by Crippen LogP contribution is -1.98. The molecule has 4 heteroatoms. The maximum absolute atomic E-state index is 6.25. The Morgan fingerprint density at radius 1 is 1.10 bits per heavy atom. The largest absolute Gasteiger partial charge is 0.226 e. The molecule has 0 amide bonds. The Hall–Kier alpha value is -1.06. The van der Waals surface area contributed by atoms with Gasteiger partial charge in [0.2, 0.25) is 0 Å². The van der Waals surface area contributed by atoms with Gasteiger partial charge in [0.25, 0.3) is 0 Å². The monoisotopic (exact) mass is 304 g/mol. The summed E-state index contributed by atoms with van der Waals surface area (Å²) in [6, 6.07) is 6.49. The van der Waals surface area contributed by atoms with Gasteiger partial charge >= 0.3 is 0 Å². The maximum Gasteiger partial charge on any atom is 0.136 e. The molecule has 0 spiro atoms. The molecule has 20 heavy (non-hydrogen) atoms. The number of hydrogen-bond acceptors (Lipinski definition) is 3. The van der Waals surface area contributed by atoms with Crippen LogP contribution in [0.2, 0.25) is 5.15 Å². The van der Waals surface area contributed by atoms with E-state index in [2.05, 4.69) is 37.0 Å². The predicted molar refractivity (Wildman–Crippen MR) is 83.8 cm³/mol. The van der Waals surface area contributed by atoms with Crippen LogP contribution in [0.15, 0.2) is 28.1 Å². The van der Waals surface area contributed by atoms with Crippen LogP contribution in [-0.2, 0) is 0 Å². The van der Waals surface area contributed by atoms with Crippen LogP contribution in [-0.4, -0.2) is 9.97 Å². The number of rotatable bonds is 3. The third kappa shape index (κ3) is 2.84. The highest BCUT2D eigenvalue weighted by Crippen LogP contribution is 2.40. The Morgan fingerprint density at radius 2 is 1.85 bits per heavy atom. The van der Waals surface area contributed by atoms with Gasteiger partial charge in [-0.2, -0.15) is 0 Å². The van der Waals surface area contributed by atoms with E-state index < -0.39 is 0 Å². The Morgan fingerprint density at radius 3 is 2.50 bits per heavy atom. The molecule has 0 radical (unpaired) electrons. The van der Waals surface area contributed by atoms with Crippen LogP contribution in [0.25, 0.3) is 0 Å². The van der Waals surface area contributed by atoms with Crippen LogP contribution < -0.4 is 0 Å². The topological polar surface area (TPSA) is 25.8 Å². The molecule has 3 rings (SSSR count). The number of aromatic nitrogens is 2. The van der Waals surface area contributed by atoms with E-state index in [-0.39, 0.29) is 0 Å². The summed E-state index contributed by atoms with van der Waals surface area (Å²) in [4.78, 5) is 10.3. The fourth-order valence-electron chi connectivity index (χ4n) is 2.00. The third-order valence-electron chi connectivity index (χ3n) is 3.69. The summed E-state index contributed by atoms with van der Waals surface area (Å²) >= 11 is 7.92. The summed E-state index contributed by atoms with van der Waals surface area (Å²) in [7, 11) is 0. The SMILES string of the molecule is Cc1ccc(Sc2nc(C3CC3)nc(Cl)c2C)cc1C. The zero-order valence-corrected chi connectivity index (χ0v) is 13.5. The van der Waals surface area contributed by atoms with E-state index in [4.69, 9.17) is 16.6 Å². The first kappa shape index (κ1) is 13.9. The molecule has 0 atom stereocenters. The lowest BCUT2D eigenvalue weighted by molar-refractivity contribution is 0.862. The van der Waals surface area contributed by atoms with E-state index in [1.54, 1.807) is 11.8 Å². The molecular weight excluding hydrogens is 288 g/mol. The molecule has 1 aliphatic carbocycles. The van der Waals surface area contributed by atoms with Crippen molar-refractivity contribution in [2.45, 2.75) is 49.5 Å². The smallest absolute Gasteiger partial charge is 0.136 e. The molecule has 2 nitrogen and oxygen atoms in total. The lowest BCUT2D eigenvalue weighted by atomic mass is 10.1. The molecule has 1 fully saturated rings. The summed E-state index contributed by atoms with van der Waals surface area (Å²) < 4.78 is 0. The number of halogens is 1. The van der Waals surface area contributed by atoms with Crippen LogP contribution in [0.1, 0.15) is 41.3 Å². The second-order valence-corrected chi connectivity index (χ2v) is 6.85. The molecule has 1 saturated carbocycles. The predicted octanol–water partition coefficient (Wildman–Crippen LogP) is 5.08. The van der Waals surface area contributed by atoms with Crippen molar-refractivity contribution in [2.24, 2.45) is 0 Å². The molecule has 104 valence electrons. The van der Waals surface area contributed by atoms with Crippen LogP contribution >= 0.6 is 23.4 Å². The highest BCUT2D eigenvalue weighted by Gasteiger charge is 2.28. The van der Waals surface area contributed by atoms with E-state index in [9.17, 15) is 0 Å². The van der Waals surface area contributed by atoms with Crippen LogP contribution in [0.3, 0.4) is 0 Å². The van der Waals surface area contributed by atoms with Gasteiger partial charge in [0.05, 0.1) is 0 Å². The molecule has 0 saturated heterocycles. The Bertz CT molecular complexity index is 666. The molecule has 2 aromatic rings. The van der Waals surface area contributed by atoms with Crippen LogP contribution in [0.5, 0.6) is 0 Å². The van der Waals surface area contributed by atoms with E-state index in [0.717, 1.165) is 16.4 Å². The van der Waals surface area contributed by atoms with Gasteiger partial charge in [-0.3, -0.25) is 0 Å². The van der Waals surface area contributed by atoms with Crippen molar-refractivity contribution in [3.05, 3.63) is 45.9 Å². The van der Waals surface area contributed by atoms with Crippen molar-refractivity contribution in [1.82, 2.24) is 9.97 Å². The van der Waals surface area contributed by atoms with Crippen molar-refractivity contribution < 1.29 is 0 Å². The maximum atomic E-state index is 6.25. The van der Waals surface area contributed by atoms with Crippen molar-refractivity contribution in [3.8, 4) is 0 Å². The van der Waals surface area contributed by atoms with Crippen molar-refractivity contribution in [1.29, 1.82) is 0 Å². The lowest BCUT2D eigenvalue weighted by Gasteiger charge is -2.09. The van der Waals surface area contributed by atoms with E-state index >= 15 is 0 Å². The molecule has 0 N–H and O–H groups in total. The van der Waals surface area contributed by atoms with E-state index in [1.807, 2.05) is 6.92 Å². The summed E-state index contributed by atoms with van der Waals surface area (Å²) in [5, 5.41) is 1.57. The minimum absolute atomic E-state index is 0.521. The molecule has 0 bridgehead atoms.